The van der Waals surface area contributed by atoms with Crippen LogP contribution in [0, 0.1) is 0 Å². The van der Waals surface area contributed by atoms with Gasteiger partial charge in [-0.2, -0.15) is 0 Å². The molecule has 114 valence electrons. The third-order valence-electron chi connectivity index (χ3n) is 2.85. The van der Waals surface area contributed by atoms with Crippen LogP contribution in [0.2, 0.25) is 5.02 Å². The van der Waals surface area contributed by atoms with Crippen LogP contribution < -0.4 is 5.32 Å². The van der Waals surface area contributed by atoms with E-state index in [1.165, 1.54) is 17.8 Å². The molecule has 0 aromatic heterocycles. The van der Waals surface area contributed by atoms with Gasteiger partial charge in [-0.1, -0.05) is 35.9 Å². The highest BCUT2D eigenvalue weighted by atomic mass is 35.5. The maximum atomic E-state index is 11.9. The Morgan fingerprint density at radius 2 is 1.77 bits per heavy atom. The molecule has 0 aliphatic carbocycles. The summed E-state index contributed by atoms with van der Waals surface area (Å²) in [5.41, 5.74) is 1.47. The molecule has 0 saturated carbocycles. The molecule has 0 radical (unpaired) electrons. The van der Waals surface area contributed by atoms with E-state index in [-0.39, 0.29) is 17.2 Å². The largest absolute Gasteiger partial charge is 0.478 e. The van der Waals surface area contributed by atoms with Crippen molar-refractivity contribution in [3.8, 4) is 0 Å². The van der Waals surface area contributed by atoms with E-state index in [1.54, 1.807) is 30.3 Å². The van der Waals surface area contributed by atoms with Crippen molar-refractivity contribution in [1.29, 1.82) is 0 Å². The highest BCUT2D eigenvalue weighted by Gasteiger charge is 2.11. The van der Waals surface area contributed by atoms with Crippen molar-refractivity contribution in [2.45, 2.75) is 5.75 Å². The molecular weight excluding hydrogens is 322 g/mol. The standard InChI is InChI=1S/C16H14ClNO3S/c17-12-7-5-11(6-8-12)9-22-10-15(19)18-14-4-2-1-3-13(14)16(20)21/h1-8H,9-10H2,(H,18,19)(H,20,21). The van der Waals surface area contributed by atoms with Crippen molar-refractivity contribution in [3.05, 3.63) is 64.7 Å². The first-order valence-corrected chi connectivity index (χ1v) is 8.04. The first kappa shape index (κ1) is 16.4. The lowest BCUT2D eigenvalue weighted by molar-refractivity contribution is -0.113. The third kappa shape index (κ3) is 4.79. The molecule has 2 aromatic carbocycles. The van der Waals surface area contributed by atoms with Gasteiger partial charge in [-0.05, 0) is 29.8 Å². The zero-order valence-electron chi connectivity index (χ0n) is 11.6. The van der Waals surface area contributed by atoms with E-state index in [1.807, 2.05) is 12.1 Å². The minimum atomic E-state index is -1.07. The number of anilines is 1. The fraction of sp³-hybridized carbons (Fsp3) is 0.125. The number of carbonyl (C=O) groups is 2. The van der Waals surface area contributed by atoms with Crippen molar-refractivity contribution < 1.29 is 14.7 Å². The molecule has 0 bridgehead atoms. The maximum Gasteiger partial charge on any atom is 0.337 e. The van der Waals surface area contributed by atoms with Crippen LogP contribution in [0.1, 0.15) is 15.9 Å². The summed E-state index contributed by atoms with van der Waals surface area (Å²) in [6, 6.07) is 13.8. The zero-order valence-corrected chi connectivity index (χ0v) is 13.2. The first-order valence-electron chi connectivity index (χ1n) is 6.50. The molecule has 2 N–H and O–H groups in total. The Morgan fingerprint density at radius 3 is 2.45 bits per heavy atom. The Kier molecular flexibility index (Phi) is 5.86. The molecule has 6 heteroatoms. The monoisotopic (exact) mass is 335 g/mol. The van der Waals surface area contributed by atoms with Gasteiger partial charge in [0.15, 0.2) is 0 Å². The van der Waals surface area contributed by atoms with Gasteiger partial charge in [0.2, 0.25) is 5.91 Å². The Labute approximate surface area is 137 Å². The van der Waals surface area contributed by atoms with Gasteiger partial charge in [0.25, 0.3) is 0 Å². The molecule has 0 spiro atoms. The Morgan fingerprint density at radius 1 is 1.09 bits per heavy atom. The van der Waals surface area contributed by atoms with E-state index >= 15 is 0 Å². The lowest BCUT2D eigenvalue weighted by Gasteiger charge is -2.08. The summed E-state index contributed by atoms with van der Waals surface area (Å²) in [5, 5.41) is 12.4. The number of carbonyl (C=O) groups excluding carboxylic acids is 1. The second-order valence-corrected chi connectivity index (χ2v) is 5.94. The number of benzene rings is 2. The van der Waals surface area contributed by atoms with Crippen molar-refractivity contribution in [2.24, 2.45) is 0 Å². The molecule has 2 aromatic rings. The number of thioether (sulfide) groups is 1. The maximum absolute atomic E-state index is 11.9. The lowest BCUT2D eigenvalue weighted by Crippen LogP contribution is -2.16. The fourth-order valence-corrected chi connectivity index (χ4v) is 2.72. The van der Waals surface area contributed by atoms with Crippen LogP contribution in [-0.4, -0.2) is 22.7 Å². The summed E-state index contributed by atoms with van der Waals surface area (Å²) in [6.45, 7) is 0. The molecule has 0 atom stereocenters. The van der Waals surface area contributed by atoms with E-state index in [0.717, 1.165) is 5.56 Å². The van der Waals surface area contributed by atoms with Crippen molar-refractivity contribution >= 4 is 40.9 Å². The topological polar surface area (TPSA) is 66.4 Å². The predicted octanol–water partition coefficient (Wildman–Crippen LogP) is 3.91. The van der Waals surface area contributed by atoms with Gasteiger partial charge in [-0.3, -0.25) is 4.79 Å². The van der Waals surface area contributed by atoms with Gasteiger partial charge in [-0.15, -0.1) is 11.8 Å². The van der Waals surface area contributed by atoms with Gasteiger partial charge >= 0.3 is 5.97 Å². The second-order valence-electron chi connectivity index (χ2n) is 4.52. The van der Waals surface area contributed by atoms with Gasteiger partial charge in [0.05, 0.1) is 17.0 Å². The fourth-order valence-electron chi connectivity index (χ4n) is 1.81. The van der Waals surface area contributed by atoms with E-state index in [9.17, 15) is 9.59 Å². The molecular formula is C16H14ClNO3S. The lowest BCUT2D eigenvalue weighted by atomic mass is 10.2. The minimum absolute atomic E-state index is 0.0820. The van der Waals surface area contributed by atoms with Crippen LogP contribution in [0.25, 0.3) is 0 Å². The number of amides is 1. The molecule has 0 unspecified atom stereocenters. The Bertz CT molecular complexity index is 673. The number of para-hydroxylation sites is 1. The SMILES string of the molecule is O=C(CSCc1ccc(Cl)cc1)Nc1ccccc1C(=O)O. The molecule has 0 aliphatic rings. The number of carboxylic acids is 1. The molecule has 0 saturated heterocycles. The molecule has 0 aliphatic heterocycles. The number of rotatable bonds is 6. The number of nitrogens with one attached hydrogen (secondary N) is 1. The van der Waals surface area contributed by atoms with Crippen molar-refractivity contribution in [2.75, 3.05) is 11.1 Å². The normalized spacial score (nSPS) is 10.2. The van der Waals surface area contributed by atoms with Crippen LogP contribution in [0.4, 0.5) is 5.69 Å². The highest BCUT2D eigenvalue weighted by Crippen LogP contribution is 2.18. The van der Waals surface area contributed by atoms with Crippen LogP contribution in [-0.2, 0) is 10.5 Å². The average Bonchev–Trinajstić information content (AvgIpc) is 2.49. The smallest absolute Gasteiger partial charge is 0.337 e. The average molecular weight is 336 g/mol. The van der Waals surface area contributed by atoms with Crippen molar-refractivity contribution in [3.63, 3.8) is 0 Å². The van der Waals surface area contributed by atoms with Crippen LogP contribution >= 0.6 is 23.4 Å². The number of hydrogen-bond donors (Lipinski definition) is 2. The van der Waals surface area contributed by atoms with E-state index in [4.69, 9.17) is 16.7 Å². The summed E-state index contributed by atoms with van der Waals surface area (Å²) in [7, 11) is 0. The molecule has 1 amide bonds. The minimum Gasteiger partial charge on any atom is -0.478 e. The quantitative estimate of drug-likeness (QED) is 0.840. The molecule has 2 rings (SSSR count). The third-order valence-corrected chi connectivity index (χ3v) is 4.10. The van der Waals surface area contributed by atoms with Gasteiger partial charge in [0.1, 0.15) is 0 Å². The second kappa shape index (κ2) is 7.87. The van der Waals surface area contributed by atoms with Gasteiger partial charge < -0.3 is 10.4 Å². The van der Waals surface area contributed by atoms with E-state index in [0.29, 0.717) is 16.5 Å². The summed E-state index contributed by atoms with van der Waals surface area (Å²) in [4.78, 5) is 22.9. The molecule has 4 nitrogen and oxygen atoms in total. The Balaban J connectivity index is 1.86. The molecule has 22 heavy (non-hydrogen) atoms. The van der Waals surface area contributed by atoms with Crippen LogP contribution in [0.3, 0.4) is 0 Å². The summed E-state index contributed by atoms with van der Waals surface area (Å²) < 4.78 is 0. The van der Waals surface area contributed by atoms with Gasteiger partial charge in [0, 0.05) is 10.8 Å². The Hall–Kier alpha value is -1.98. The summed E-state index contributed by atoms with van der Waals surface area (Å²) in [6.07, 6.45) is 0. The zero-order chi connectivity index (χ0) is 15.9. The number of halogens is 1. The van der Waals surface area contributed by atoms with Crippen LogP contribution in [0.15, 0.2) is 48.5 Å². The number of aromatic carboxylic acids is 1. The van der Waals surface area contributed by atoms with Gasteiger partial charge in [-0.25, -0.2) is 4.79 Å². The highest BCUT2D eigenvalue weighted by molar-refractivity contribution is 7.99. The molecule has 0 fully saturated rings. The van der Waals surface area contributed by atoms with E-state index < -0.39 is 5.97 Å². The predicted molar refractivity (Wildman–Crippen MR) is 89.6 cm³/mol. The molecule has 0 heterocycles. The van der Waals surface area contributed by atoms with Crippen molar-refractivity contribution in [1.82, 2.24) is 0 Å². The summed E-state index contributed by atoms with van der Waals surface area (Å²) >= 11 is 7.26. The number of hydrogen-bond acceptors (Lipinski definition) is 3. The van der Waals surface area contributed by atoms with E-state index in [2.05, 4.69) is 5.32 Å². The van der Waals surface area contributed by atoms with Crippen LogP contribution in [0.5, 0.6) is 0 Å². The number of carboxylic acid groups (broad SMARTS) is 1. The first-order chi connectivity index (χ1) is 10.6. The summed E-state index contributed by atoms with van der Waals surface area (Å²) in [5.74, 6) is -0.362.